The van der Waals surface area contributed by atoms with E-state index in [1.807, 2.05) is 0 Å². The first-order valence-electron chi connectivity index (χ1n) is 9.70. The molecule has 1 aliphatic rings. The lowest BCUT2D eigenvalue weighted by Gasteiger charge is -2.40. The fraction of sp³-hybridized carbons (Fsp3) is 0.684. The minimum atomic E-state index is -3.55. The monoisotopic (exact) mass is 539 g/mol. The minimum Gasteiger partial charge on any atom is -0.377 e. The van der Waals surface area contributed by atoms with Gasteiger partial charge in [0.15, 0.2) is 5.96 Å². The van der Waals surface area contributed by atoms with Crippen LogP contribution in [-0.4, -0.2) is 58.8 Å². The third kappa shape index (κ3) is 8.35. The molecule has 166 valence electrons. The van der Waals surface area contributed by atoms with Gasteiger partial charge in [-0.3, -0.25) is 9.98 Å². The van der Waals surface area contributed by atoms with Gasteiger partial charge in [0.25, 0.3) is 0 Å². The molecule has 0 saturated carbocycles. The summed E-state index contributed by atoms with van der Waals surface area (Å²) < 4.78 is 32.9. The molecule has 10 heteroatoms. The maximum absolute atomic E-state index is 12.2. The van der Waals surface area contributed by atoms with Crippen LogP contribution in [0.3, 0.4) is 0 Å². The Morgan fingerprint density at radius 3 is 2.69 bits per heavy atom. The van der Waals surface area contributed by atoms with E-state index in [4.69, 9.17) is 4.74 Å². The number of guanidine groups is 1. The second-order valence-corrected chi connectivity index (χ2v) is 9.79. The van der Waals surface area contributed by atoms with Crippen molar-refractivity contribution in [3.8, 4) is 0 Å². The summed E-state index contributed by atoms with van der Waals surface area (Å²) in [6, 6.07) is 3.11. The van der Waals surface area contributed by atoms with Crippen molar-refractivity contribution in [2.75, 3.05) is 33.3 Å². The van der Waals surface area contributed by atoms with Crippen LogP contribution >= 0.6 is 24.0 Å². The van der Waals surface area contributed by atoms with Crippen LogP contribution in [0.1, 0.15) is 33.6 Å². The number of aromatic nitrogens is 1. The normalized spacial score (nSPS) is 20.6. The van der Waals surface area contributed by atoms with Crippen LogP contribution in [0.4, 0.5) is 0 Å². The highest BCUT2D eigenvalue weighted by Crippen LogP contribution is 2.33. The Kier molecular flexibility index (Phi) is 10.8. The highest BCUT2D eigenvalue weighted by atomic mass is 127. The molecule has 2 heterocycles. The van der Waals surface area contributed by atoms with E-state index in [9.17, 15) is 8.42 Å². The molecule has 1 aromatic heterocycles. The van der Waals surface area contributed by atoms with E-state index in [1.165, 1.54) is 18.5 Å². The van der Waals surface area contributed by atoms with Gasteiger partial charge in [0.05, 0.1) is 6.10 Å². The number of ether oxygens (including phenoxy) is 1. The number of hydrogen-bond donors (Lipinski definition) is 3. The third-order valence-electron chi connectivity index (χ3n) is 4.71. The van der Waals surface area contributed by atoms with Gasteiger partial charge in [0.1, 0.15) is 4.90 Å². The molecule has 1 saturated heterocycles. The average Bonchev–Trinajstić information content (AvgIpc) is 2.67. The molecule has 1 aliphatic heterocycles. The van der Waals surface area contributed by atoms with Gasteiger partial charge in [0, 0.05) is 51.6 Å². The quantitative estimate of drug-likeness (QED) is 0.212. The Bertz CT molecular complexity index is 738. The number of pyridine rings is 1. The van der Waals surface area contributed by atoms with Crippen molar-refractivity contribution in [1.29, 1.82) is 0 Å². The molecule has 2 rings (SSSR count). The minimum absolute atomic E-state index is 0. The van der Waals surface area contributed by atoms with Crippen molar-refractivity contribution in [2.45, 2.75) is 44.6 Å². The zero-order valence-electron chi connectivity index (χ0n) is 17.6. The maximum Gasteiger partial charge on any atom is 0.242 e. The Balaban J connectivity index is 0.00000420. The average molecular weight is 539 g/mol. The molecule has 0 radical (unpaired) electrons. The van der Waals surface area contributed by atoms with E-state index in [2.05, 4.69) is 46.1 Å². The topological polar surface area (TPSA) is 105 Å². The predicted octanol–water partition coefficient (Wildman–Crippen LogP) is 1.98. The molecule has 1 aromatic rings. The van der Waals surface area contributed by atoms with E-state index in [-0.39, 0.29) is 46.9 Å². The lowest BCUT2D eigenvalue weighted by Crippen LogP contribution is -2.48. The van der Waals surface area contributed by atoms with Gasteiger partial charge in [-0.25, -0.2) is 13.1 Å². The smallest absolute Gasteiger partial charge is 0.242 e. The first-order chi connectivity index (χ1) is 13.2. The number of sulfonamides is 1. The van der Waals surface area contributed by atoms with E-state index in [0.29, 0.717) is 18.4 Å². The van der Waals surface area contributed by atoms with Gasteiger partial charge >= 0.3 is 0 Å². The van der Waals surface area contributed by atoms with E-state index >= 15 is 0 Å². The van der Waals surface area contributed by atoms with Crippen molar-refractivity contribution in [3.63, 3.8) is 0 Å². The summed E-state index contributed by atoms with van der Waals surface area (Å²) in [5.41, 5.74) is 0.0916. The third-order valence-corrected chi connectivity index (χ3v) is 6.15. The Morgan fingerprint density at radius 1 is 1.31 bits per heavy atom. The highest BCUT2D eigenvalue weighted by Gasteiger charge is 2.35. The molecule has 8 nitrogen and oxygen atoms in total. The molecule has 2 atom stereocenters. The van der Waals surface area contributed by atoms with E-state index in [0.717, 1.165) is 26.0 Å². The molecular weight excluding hydrogens is 505 g/mol. The first-order valence-corrected chi connectivity index (χ1v) is 11.2. The summed E-state index contributed by atoms with van der Waals surface area (Å²) in [6.45, 7) is 8.87. The number of aliphatic imine (C=N–C) groups is 1. The van der Waals surface area contributed by atoms with Crippen LogP contribution in [0.25, 0.3) is 0 Å². The summed E-state index contributed by atoms with van der Waals surface area (Å²) >= 11 is 0. The molecule has 0 bridgehead atoms. The van der Waals surface area contributed by atoms with Crippen LogP contribution in [0.5, 0.6) is 0 Å². The summed E-state index contributed by atoms with van der Waals surface area (Å²) in [6.07, 6.45) is 5.27. The van der Waals surface area contributed by atoms with Gasteiger partial charge in [-0.05, 0) is 30.4 Å². The van der Waals surface area contributed by atoms with Gasteiger partial charge in [0.2, 0.25) is 10.0 Å². The summed E-state index contributed by atoms with van der Waals surface area (Å²) in [5.74, 6) is 1.06. The van der Waals surface area contributed by atoms with Gasteiger partial charge in [-0.15, -0.1) is 24.0 Å². The number of nitrogens with one attached hydrogen (secondary N) is 3. The van der Waals surface area contributed by atoms with E-state index < -0.39 is 10.0 Å². The molecule has 0 aliphatic carbocycles. The second-order valence-electron chi connectivity index (χ2n) is 8.03. The standard InChI is InChI=1S/C19H33N5O3S.HI/c1-19(2,3)17-15(7-6-12-27-17)13-23-18(20-4)22-10-11-24-28(25,26)16-8-5-9-21-14-16;/h5,8-9,14-15,17,24H,6-7,10-13H2,1-4H3,(H2,20,22,23);1H. The molecular formula is C19H34IN5O3S. The molecule has 0 amide bonds. The number of halogens is 1. The Hall–Kier alpha value is -0.980. The molecule has 29 heavy (non-hydrogen) atoms. The molecule has 0 spiro atoms. The summed E-state index contributed by atoms with van der Waals surface area (Å²) in [5, 5.41) is 6.48. The van der Waals surface area contributed by atoms with Crippen LogP contribution in [0.15, 0.2) is 34.4 Å². The Morgan fingerprint density at radius 2 is 2.07 bits per heavy atom. The predicted molar refractivity (Wildman–Crippen MR) is 126 cm³/mol. The molecule has 0 aromatic carbocycles. The van der Waals surface area contributed by atoms with E-state index in [1.54, 1.807) is 13.1 Å². The number of rotatable bonds is 7. The van der Waals surface area contributed by atoms with Gasteiger partial charge < -0.3 is 15.4 Å². The lowest BCUT2D eigenvalue weighted by molar-refractivity contribution is -0.0835. The van der Waals surface area contributed by atoms with Crippen molar-refractivity contribution in [3.05, 3.63) is 24.5 Å². The Labute approximate surface area is 191 Å². The second kappa shape index (κ2) is 12.0. The lowest BCUT2D eigenvalue weighted by atomic mass is 9.78. The highest BCUT2D eigenvalue weighted by molar-refractivity contribution is 14.0. The van der Waals surface area contributed by atoms with Crippen molar-refractivity contribution >= 4 is 40.0 Å². The van der Waals surface area contributed by atoms with Crippen molar-refractivity contribution in [2.24, 2.45) is 16.3 Å². The number of hydrogen-bond acceptors (Lipinski definition) is 5. The zero-order valence-corrected chi connectivity index (χ0v) is 20.8. The van der Waals surface area contributed by atoms with Crippen LogP contribution in [-0.2, 0) is 14.8 Å². The summed E-state index contributed by atoms with van der Waals surface area (Å²) in [4.78, 5) is 8.21. The SMILES string of the molecule is CN=C(NCCNS(=O)(=O)c1cccnc1)NCC1CCCOC1C(C)(C)C.I. The molecule has 1 fully saturated rings. The van der Waals surface area contributed by atoms with Crippen LogP contribution in [0, 0.1) is 11.3 Å². The van der Waals surface area contributed by atoms with Crippen LogP contribution < -0.4 is 15.4 Å². The van der Waals surface area contributed by atoms with Crippen LogP contribution in [0.2, 0.25) is 0 Å². The number of nitrogens with zero attached hydrogens (tertiary/aromatic N) is 2. The maximum atomic E-state index is 12.2. The van der Waals surface area contributed by atoms with Crippen molar-refractivity contribution < 1.29 is 13.2 Å². The summed E-state index contributed by atoms with van der Waals surface area (Å²) in [7, 11) is -1.85. The first kappa shape index (κ1) is 26.1. The fourth-order valence-corrected chi connectivity index (χ4v) is 4.41. The largest absolute Gasteiger partial charge is 0.377 e. The molecule has 3 N–H and O–H groups in total. The molecule has 2 unspecified atom stereocenters. The fourth-order valence-electron chi connectivity index (χ4n) is 3.41. The van der Waals surface area contributed by atoms with Gasteiger partial charge in [-0.2, -0.15) is 0 Å². The van der Waals surface area contributed by atoms with Gasteiger partial charge in [-0.1, -0.05) is 20.8 Å². The van der Waals surface area contributed by atoms with Crippen molar-refractivity contribution in [1.82, 2.24) is 20.3 Å². The zero-order chi connectivity index (χ0) is 20.6.